The summed E-state index contributed by atoms with van der Waals surface area (Å²) in [5.74, 6) is 0.940. The summed E-state index contributed by atoms with van der Waals surface area (Å²) in [7, 11) is 2.95. The van der Waals surface area contributed by atoms with Crippen LogP contribution in [-0.2, 0) is 11.3 Å². The number of pyridine rings is 1. The van der Waals surface area contributed by atoms with Gasteiger partial charge < -0.3 is 30.0 Å². The summed E-state index contributed by atoms with van der Waals surface area (Å²) >= 11 is 13.3. The van der Waals surface area contributed by atoms with E-state index in [1.54, 1.807) is 36.7 Å². The number of anilines is 1. The first kappa shape index (κ1) is 28.4. The number of rotatable bonds is 10. The minimum absolute atomic E-state index is 0.131. The van der Waals surface area contributed by atoms with Crippen LogP contribution in [0.5, 0.6) is 11.5 Å². The molecular formula is C26H33Cl2N5O5. The van der Waals surface area contributed by atoms with E-state index in [0.29, 0.717) is 40.7 Å². The zero-order valence-electron chi connectivity index (χ0n) is 21.9. The standard InChI is InChI=1S/C26H33Cl2N5O5/c1-26(2,35)14-31-25-30-13-15-11-17(20-21(27)18(36-3)12-19(37-4)22(20)28)24(34)33(23(15)32-25)9-10-38-16-5-7-29-8-6-16/h11-13,16,29,35H,5-10,14H2,1-4H3,(H,30,31,32). The van der Waals surface area contributed by atoms with E-state index in [1.165, 1.54) is 14.2 Å². The van der Waals surface area contributed by atoms with Crippen molar-refractivity contribution < 1.29 is 19.3 Å². The number of nitrogens with zero attached hydrogens (tertiary/aromatic N) is 3. The van der Waals surface area contributed by atoms with Gasteiger partial charge in [-0.25, -0.2) is 4.98 Å². The summed E-state index contributed by atoms with van der Waals surface area (Å²) in [6, 6.07) is 3.23. The van der Waals surface area contributed by atoms with E-state index >= 15 is 0 Å². The van der Waals surface area contributed by atoms with Crippen LogP contribution in [0.1, 0.15) is 26.7 Å². The molecule has 0 amide bonds. The van der Waals surface area contributed by atoms with Gasteiger partial charge in [0, 0.05) is 29.8 Å². The molecule has 1 saturated heterocycles. The maximum Gasteiger partial charge on any atom is 0.260 e. The Bertz CT molecular complexity index is 1320. The second-order valence-electron chi connectivity index (χ2n) is 9.76. The molecular weight excluding hydrogens is 533 g/mol. The summed E-state index contributed by atoms with van der Waals surface area (Å²) < 4.78 is 18.5. The van der Waals surface area contributed by atoms with Crippen molar-refractivity contribution in [3.63, 3.8) is 0 Å². The summed E-state index contributed by atoms with van der Waals surface area (Å²) in [4.78, 5) is 23.0. The molecule has 4 rings (SSSR count). The maximum atomic E-state index is 14.0. The molecule has 1 aliphatic rings. The van der Waals surface area contributed by atoms with Crippen molar-refractivity contribution in [1.82, 2.24) is 19.9 Å². The fourth-order valence-corrected chi connectivity index (χ4v) is 5.03. The van der Waals surface area contributed by atoms with Crippen LogP contribution in [0.15, 0.2) is 23.1 Å². The fourth-order valence-electron chi connectivity index (χ4n) is 4.32. The van der Waals surface area contributed by atoms with Crippen LogP contribution in [0.2, 0.25) is 10.0 Å². The van der Waals surface area contributed by atoms with Crippen LogP contribution in [0.4, 0.5) is 5.95 Å². The number of benzene rings is 1. The number of aliphatic hydroxyl groups is 1. The zero-order chi connectivity index (χ0) is 27.4. The van der Waals surface area contributed by atoms with Crippen LogP contribution in [-0.4, -0.2) is 71.8 Å². The van der Waals surface area contributed by atoms with Gasteiger partial charge in [0.25, 0.3) is 5.56 Å². The minimum atomic E-state index is -0.969. The van der Waals surface area contributed by atoms with Crippen LogP contribution < -0.4 is 25.7 Å². The SMILES string of the molecule is COc1cc(OC)c(Cl)c(-c2cc3cnc(NCC(C)(C)O)nc3n(CCOC3CCNCC3)c2=O)c1Cl. The van der Waals surface area contributed by atoms with Crippen molar-refractivity contribution in [2.45, 2.75) is 44.9 Å². The van der Waals surface area contributed by atoms with Crippen LogP contribution in [0, 0.1) is 0 Å². The molecule has 3 heterocycles. The predicted octanol–water partition coefficient (Wildman–Crippen LogP) is 3.73. The molecule has 0 aliphatic carbocycles. The van der Waals surface area contributed by atoms with E-state index in [4.69, 9.17) is 37.4 Å². The molecule has 0 atom stereocenters. The third-order valence-corrected chi connectivity index (χ3v) is 7.05. The molecule has 3 N–H and O–H groups in total. The van der Waals surface area contributed by atoms with Crippen LogP contribution >= 0.6 is 23.2 Å². The van der Waals surface area contributed by atoms with Gasteiger partial charge in [0.15, 0.2) is 0 Å². The zero-order valence-corrected chi connectivity index (χ0v) is 23.4. The maximum absolute atomic E-state index is 14.0. The smallest absolute Gasteiger partial charge is 0.260 e. The first-order chi connectivity index (χ1) is 18.1. The molecule has 12 heteroatoms. The molecule has 10 nitrogen and oxygen atoms in total. The largest absolute Gasteiger partial charge is 0.495 e. The lowest BCUT2D eigenvalue weighted by atomic mass is 10.0. The molecule has 1 aromatic carbocycles. The molecule has 3 aromatic rings. The average Bonchev–Trinajstić information content (AvgIpc) is 2.89. The number of hydrogen-bond acceptors (Lipinski definition) is 9. The number of methoxy groups -OCH3 is 2. The lowest BCUT2D eigenvalue weighted by molar-refractivity contribution is 0.0285. The number of piperidine rings is 1. The highest BCUT2D eigenvalue weighted by molar-refractivity contribution is 6.41. The lowest BCUT2D eigenvalue weighted by Gasteiger charge is -2.23. The van der Waals surface area contributed by atoms with Crippen molar-refractivity contribution in [3.8, 4) is 22.6 Å². The van der Waals surface area contributed by atoms with Gasteiger partial charge >= 0.3 is 0 Å². The first-order valence-corrected chi connectivity index (χ1v) is 13.2. The van der Waals surface area contributed by atoms with Gasteiger partial charge in [-0.1, -0.05) is 23.2 Å². The summed E-state index contributed by atoms with van der Waals surface area (Å²) in [5, 5.41) is 17.4. The van der Waals surface area contributed by atoms with Crippen molar-refractivity contribution >= 4 is 40.2 Å². The number of fused-ring (bicyclic) bond motifs is 1. The average molecular weight is 566 g/mol. The van der Waals surface area contributed by atoms with Gasteiger partial charge in [-0.2, -0.15) is 4.98 Å². The van der Waals surface area contributed by atoms with Crippen LogP contribution in [0.3, 0.4) is 0 Å². The molecule has 2 aromatic heterocycles. The molecule has 206 valence electrons. The Hall–Kier alpha value is -2.63. The summed E-state index contributed by atoms with van der Waals surface area (Å²) in [5.41, 5.74) is -0.342. The minimum Gasteiger partial charge on any atom is -0.495 e. The van der Waals surface area contributed by atoms with E-state index in [2.05, 4.69) is 20.6 Å². The van der Waals surface area contributed by atoms with E-state index < -0.39 is 5.60 Å². The molecule has 38 heavy (non-hydrogen) atoms. The van der Waals surface area contributed by atoms with Gasteiger partial charge in [-0.05, 0) is 45.8 Å². The second-order valence-corrected chi connectivity index (χ2v) is 10.5. The number of aromatic nitrogens is 3. The molecule has 1 aliphatic heterocycles. The van der Waals surface area contributed by atoms with Gasteiger partial charge in [-0.15, -0.1) is 0 Å². The van der Waals surface area contributed by atoms with E-state index in [9.17, 15) is 9.90 Å². The quantitative estimate of drug-likeness (QED) is 0.337. The van der Waals surface area contributed by atoms with Gasteiger partial charge in [-0.3, -0.25) is 9.36 Å². The Morgan fingerprint density at radius 1 is 1.16 bits per heavy atom. The molecule has 0 radical (unpaired) electrons. The van der Waals surface area contributed by atoms with Crippen molar-refractivity contribution in [2.24, 2.45) is 0 Å². The Kier molecular flexibility index (Phi) is 9.00. The van der Waals surface area contributed by atoms with Gasteiger partial charge in [0.2, 0.25) is 5.95 Å². The highest BCUT2D eigenvalue weighted by Crippen LogP contribution is 2.45. The van der Waals surface area contributed by atoms with E-state index in [-0.39, 0.29) is 40.4 Å². The molecule has 0 spiro atoms. The van der Waals surface area contributed by atoms with Gasteiger partial charge in [0.05, 0.1) is 54.7 Å². The monoisotopic (exact) mass is 565 g/mol. The molecule has 0 saturated carbocycles. The molecule has 0 bridgehead atoms. The Morgan fingerprint density at radius 3 is 2.42 bits per heavy atom. The van der Waals surface area contributed by atoms with Crippen molar-refractivity contribution in [2.75, 3.05) is 45.8 Å². The third kappa shape index (κ3) is 6.32. The lowest BCUT2D eigenvalue weighted by Crippen LogP contribution is -2.34. The van der Waals surface area contributed by atoms with Crippen molar-refractivity contribution in [1.29, 1.82) is 0 Å². The van der Waals surface area contributed by atoms with Crippen LogP contribution in [0.25, 0.3) is 22.2 Å². The molecule has 0 unspecified atom stereocenters. The Balaban J connectivity index is 1.82. The van der Waals surface area contributed by atoms with E-state index in [0.717, 1.165) is 25.9 Å². The normalized spacial score (nSPS) is 14.6. The number of ether oxygens (including phenoxy) is 3. The highest BCUT2D eigenvalue weighted by Gasteiger charge is 2.24. The van der Waals surface area contributed by atoms with Crippen molar-refractivity contribution in [3.05, 3.63) is 38.7 Å². The topological polar surface area (TPSA) is 120 Å². The predicted molar refractivity (Wildman–Crippen MR) is 149 cm³/mol. The first-order valence-electron chi connectivity index (χ1n) is 12.4. The second kappa shape index (κ2) is 12.0. The number of halogens is 2. The fraction of sp³-hybridized carbons (Fsp3) is 0.500. The summed E-state index contributed by atoms with van der Waals surface area (Å²) in [6.45, 7) is 5.97. The number of hydrogen-bond donors (Lipinski definition) is 3. The third-order valence-electron chi connectivity index (χ3n) is 6.30. The molecule has 1 fully saturated rings. The van der Waals surface area contributed by atoms with Gasteiger partial charge in [0.1, 0.15) is 17.1 Å². The highest BCUT2D eigenvalue weighted by atomic mass is 35.5. The Morgan fingerprint density at radius 2 is 1.82 bits per heavy atom. The van der Waals surface area contributed by atoms with E-state index in [1.807, 2.05) is 0 Å². The summed E-state index contributed by atoms with van der Waals surface area (Å²) in [6.07, 6.45) is 3.57. The number of nitrogens with one attached hydrogen (secondary N) is 2. The Labute approximate surface area is 231 Å².